The number of rotatable bonds is 4. The number of halogens is 2. The van der Waals surface area contributed by atoms with Crippen LogP contribution in [-0.4, -0.2) is 22.6 Å². The zero-order chi connectivity index (χ0) is 13.1. The van der Waals surface area contributed by atoms with E-state index in [4.69, 9.17) is 5.11 Å². The first kappa shape index (κ1) is 12.4. The number of carboxylic acid groups (broad SMARTS) is 1. The summed E-state index contributed by atoms with van der Waals surface area (Å²) < 4.78 is 26.5. The number of nitrogens with zero attached hydrogens (tertiary/aromatic N) is 1. The molecule has 0 fully saturated rings. The molecule has 2 aromatic rings. The normalized spacial score (nSPS) is 10.3. The van der Waals surface area contributed by atoms with Gasteiger partial charge in [0.2, 0.25) is 0 Å². The van der Waals surface area contributed by atoms with Crippen molar-refractivity contribution < 1.29 is 18.7 Å². The van der Waals surface area contributed by atoms with Crippen LogP contribution in [-0.2, 0) is 4.79 Å². The number of nitrogens with one attached hydrogen (secondary N) is 1. The molecule has 0 atom stereocenters. The van der Waals surface area contributed by atoms with E-state index >= 15 is 0 Å². The van der Waals surface area contributed by atoms with E-state index < -0.39 is 17.6 Å². The molecule has 4 nitrogen and oxygen atoms in total. The predicted molar refractivity (Wildman–Crippen MR) is 63.6 cm³/mol. The Morgan fingerprint density at radius 1 is 1.44 bits per heavy atom. The molecule has 0 radical (unpaired) electrons. The minimum Gasteiger partial charge on any atom is -0.480 e. The Morgan fingerprint density at radius 2 is 2.22 bits per heavy atom. The number of benzene rings is 1. The molecule has 0 bridgehead atoms. The average molecular weight is 270 g/mol. The first-order chi connectivity index (χ1) is 8.56. The van der Waals surface area contributed by atoms with Crippen molar-refractivity contribution >= 4 is 22.4 Å². The second kappa shape index (κ2) is 5.09. The molecule has 0 unspecified atom stereocenters. The van der Waals surface area contributed by atoms with Crippen LogP contribution in [0, 0.1) is 11.6 Å². The summed E-state index contributed by atoms with van der Waals surface area (Å²) >= 11 is 1.13. The van der Waals surface area contributed by atoms with Gasteiger partial charge in [0, 0.05) is 10.9 Å². The third-order valence-electron chi connectivity index (χ3n) is 2.10. The lowest BCUT2D eigenvalue weighted by Gasteiger charge is -1.99. The molecule has 1 heterocycles. The van der Waals surface area contributed by atoms with E-state index in [0.29, 0.717) is 5.13 Å². The molecule has 0 spiro atoms. The van der Waals surface area contributed by atoms with E-state index in [2.05, 4.69) is 10.3 Å². The van der Waals surface area contributed by atoms with Crippen molar-refractivity contribution in [1.29, 1.82) is 0 Å². The largest absolute Gasteiger partial charge is 0.480 e. The second-order valence-corrected chi connectivity index (χ2v) is 4.27. The van der Waals surface area contributed by atoms with Crippen molar-refractivity contribution in [2.24, 2.45) is 0 Å². The van der Waals surface area contributed by atoms with E-state index in [1.807, 2.05) is 0 Å². The summed E-state index contributed by atoms with van der Waals surface area (Å²) in [6, 6.07) is 3.09. The molecule has 0 saturated heterocycles. The molecule has 2 rings (SSSR count). The van der Waals surface area contributed by atoms with Gasteiger partial charge in [-0.3, -0.25) is 4.79 Å². The van der Waals surface area contributed by atoms with Gasteiger partial charge >= 0.3 is 5.97 Å². The van der Waals surface area contributed by atoms with Gasteiger partial charge in [-0.2, -0.15) is 0 Å². The third-order valence-corrected chi connectivity index (χ3v) is 2.90. The van der Waals surface area contributed by atoms with Gasteiger partial charge in [0.25, 0.3) is 0 Å². The van der Waals surface area contributed by atoms with Crippen molar-refractivity contribution in [3.8, 4) is 11.3 Å². The van der Waals surface area contributed by atoms with E-state index in [-0.39, 0.29) is 17.8 Å². The fourth-order valence-corrected chi connectivity index (χ4v) is 2.03. The van der Waals surface area contributed by atoms with Gasteiger partial charge in [0.05, 0.1) is 5.69 Å². The quantitative estimate of drug-likeness (QED) is 0.896. The Bertz CT molecular complexity index is 586. The molecule has 0 aliphatic carbocycles. The fourth-order valence-electron chi connectivity index (χ4n) is 1.32. The first-order valence-electron chi connectivity index (χ1n) is 4.93. The zero-order valence-corrected chi connectivity index (χ0v) is 9.80. The lowest BCUT2D eigenvalue weighted by atomic mass is 10.1. The van der Waals surface area contributed by atoms with E-state index in [1.54, 1.807) is 0 Å². The van der Waals surface area contributed by atoms with Gasteiger partial charge in [-0.05, 0) is 18.2 Å². The molecular formula is C11H8F2N2O2S. The molecule has 7 heteroatoms. The second-order valence-electron chi connectivity index (χ2n) is 3.41. The number of hydrogen-bond donors (Lipinski definition) is 2. The summed E-state index contributed by atoms with van der Waals surface area (Å²) in [5, 5.41) is 12.9. The van der Waals surface area contributed by atoms with Crippen LogP contribution in [0.2, 0.25) is 0 Å². The lowest BCUT2D eigenvalue weighted by Crippen LogP contribution is -2.11. The monoisotopic (exact) mass is 270 g/mol. The summed E-state index contributed by atoms with van der Waals surface area (Å²) in [5.41, 5.74) is 0.319. The molecule has 2 N–H and O–H groups in total. The Hall–Kier alpha value is -2.02. The highest BCUT2D eigenvalue weighted by molar-refractivity contribution is 7.14. The Morgan fingerprint density at radius 3 is 2.94 bits per heavy atom. The number of aromatic nitrogens is 1. The van der Waals surface area contributed by atoms with Crippen molar-refractivity contribution in [2.45, 2.75) is 0 Å². The third kappa shape index (κ3) is 2.80. The van der Waals surface area contributed by atoms with Gasteiger partial charge in [0.1, 0.15) is 18.2 Å². The van der Waals surface area contributed by atoms with Gasteiger partial charge in [-0.15, -0.1) is 11.3 Å². The van der Waals surface area contributed by atoms with Crippen molar-refractivity contribution in [2.75, 3.05) is 11.9 Å². The fraction of sp³-hybridized carbons (Fsp3) is 0.0909. The summed E-state index contributed by atoms with van der Waals surface area (Å²) in [6.45, 7) is -0.279. The molecule has 0 saturated carbocycles. The Kier molecular flexibility index (Phi) is 3.52. The zero-order valence-electron chi connectivity index (χ0n) is 8.98. The maximum absolute atomic E-state index is 13.5. The van der Waals surface area contributed by atoms with Gasteiger partial charge in [-0.1, -0.05) is 0 Å². The lowest BCUT2D eigenvalue weighted by molar-refractivity contribution is -0.134. The average Bonchev–Trinajstić information content (AvgIpc) is 2.78. The van der Waals surface area contributed by atoms with Crippen LogP contribution in [0.15, 0.2) is 23.6 Å². The van der Waals surface area contributed by atoms with Crippen molar-refractivity contribution in [3.63, 3.8) is 0 Å². The first-order valence-corrected chi connectivity index (χ1v) is 5.81. The predicted octanol–water partition coefficient (Wildman–Crippen LogP) is 2.58. The molecule has 1 aromatic carbocycles. The van der Waals surface area contributed by atoms with Crippen molar-refractivity contribution in [1.82, 2.24) is 4.98 Å². The molecule has 1 aromatic heterocycles. The summed E-state index contributed by atoms with van der Waals surface area (Å²) in [4.78, 5) is 14.3. The van der Waals surface area contributed by atoms with Crippen molar-refractivity contribution in [3.05, 3.63) is 35.2 Å². The number of carbonyl (C=O) groups is 1. The van der Waals surface area contributed by atoms with Crippen LogP contribution in [0.3, 0.4) is 0 Å². The maximum atomic E-state index is 13.5. The minimum absolute atomic E-state index is 0.0506. The number of carboxylic acids is 1. The number of hydrogen-bond acceptors (Lipinski definition) is 4. The molecule has 18 heavy (non-hydrogen) atoms. The highest BCUT2D eigenvalue weighted by atomic mass is 32.1. The van der Waals surface area contributed by atoms with E-state index in [0.717, 1.165) is 29.5 Å². The highest BCUT2D eigenvalue weighted by Gasteiger charge is 2.11. The maximum Gasteiger partial charge on any atom is 0.322 e. The molecule has 0 aliphatic rings. The Labute approximate surface area is 105 Å². The van der Waals surface area contributed by atoms with Gasteiger partial charge < -0.3 is 10.4 Å². The summed E-state index contributed by atoms with van der Waals surface area (Å²) in [6.07, 6.45) is 0. The number of anilines is 1. The standard InChI is InChI=1S/C11H8F2N2O2S/c12-6-1-2-8(13)7(3-6)9-5-18-11(15-9)14-4-10(16)17/h1-3,5H,4H2,(H,14,15)(H,16,17). The SMILES string of the molecule is O=C(O)CNc1nc(-c2cc(F)ccc2F)cs1. The van der Waals surface area contributed by atoms with E-state index in [9.17, 15) is 13.6 Å². The molecule has 94 valence electrons. The highest BCUT2D eigenvalue weighted by Crippen LogP contribution is 2.27. The van der Waals surface area contributed by atoms with Crippen LogP contribution in [0.4, 0.5) is 13.9 Å². The van der Waals surface area contributed by atoms with Crippen LogP contribution in [0.5, 0.6) is 0 Å². The summed E-state index contributed by atoms with van der Waals surface area (Å²) in [5.74, 6) is -2.16. The van der Waals surface area contributed by atoms with Crippen LogP contribution < -0.4 is 5.32 Å². The van der Waals surface area contributed by atoms with E-state index in [1.165, 1.54) is 5.38 Å². The van der Waals surface area contributed by atoms with Crippen LogP contribution >= 0.6 is 11.3 Å². The summed E-state index contributed by atoms with van der Waals surface area (Å²) in [7, 11) is 0. The van der Waals surface area contributed by atoms with Gasteiger partial charge in [0.15, 0.2) is 5.13 Å². The van der Waals surface area contributed by atoms with Crippen LogP contribution in [0.1, 0.15) is 0 Å². The molecular weight excluding hydrogens is 262 g/mol. The van der Waals surface area contributed by atoms with Crippen LogP contribution in [0.25, 0.3) is 11.3 Å². The topological polar surface area (TPSA) is 62.2 Å². The molecule has 0 aliphatic heterocycles. The minimum atomic E-state index is -1.02. The number of thiazole rings is 1. The smallest absolute Gasteiger partial charge is 0.322 e. The number of aliphatic carboxylic acids is 1. The Balaban J connectivity index is 2.23. The van der Waals surface area contributed by atoms with Gasteiger partial charge in [-0.25, -0.2) is 13.8 Å². The molecule has 0 amide bonds.